The number of hydrogen-bond acceptors (Lipinski definition) is 4. The molecule has 0 unspecified atom stereocenters. The van der Waals surface area contributed by atoms with E-state index in [0.29, 0.717) is 6.04 Å². The maximum atomic E-state index is 6.08. The van der Waals surface area contributed by atoms with Crippen LogP contribution in [0.5, 0.6) is 0 Å². The lowest BCUT2D eigenvalue weighted by molar-refractivity contribution is 0.571. The standard InChI is InChI=1S/C11H11ClN2OS/c12-8-3-4-16-11(8)10-9(14-6-15-10)5-13-7-1-2-7/h3-4,6-7,13H,1-2,5H2. The van der Waals surface area contributed by atoms with Gasteiger partial charge in [-0.1, -0.05) is 11.6 Å². The second kappa shape index (κ2) is 4.20. The van der Waals surface area contributed by atoms with Crippen molar-refractivity contribution in [1.29, 1.82) is 0 Å². The molecular weight excluding hydrogens is 244 g/mol. The van der Waals surface area contributed by atoms with Gasteiger partial charge in [0.05, 0.1) is 9.90 Å². The van der Waals surface area contributed by atoms with Crippen molar-refractivity contribution >= 4 is 22.9 Å². The average Bonchev–Trinajstić information content (AvgIpc) is 2.83. The molecule has 1 saturated carbocycles. The van der Waals surface area contributed by atoms with Crippen LogP contribution in [0.2, 0.25) is 5.02 Å². The molecule has 2 aromatic rings. The quantitative estimate of drug-likeness (QED) is 0.910. The van der Waals surface area contributed by atoms with E-state index in [4.69, 9.17) is 16.0 Å². The highest BCUT2D eigenvalue weighted by Crippen LogP contribution is 2.35. The smallest absolute Gasteiger partial charge is 0.181 e. The summed E-state index contributed by atoms with van der Waals surface area (Å²) in [7, 11) is 0. The second-order valence-corrected chi connectivity index (χ2v) is 5.20. The maximum absolute atomic E-state index is 6.08. The molecule has 0 atom stereocenters. The summed E-state index contributed by atoms with van der Waals surface area (Å²) in [6, 6.07) is 2.55. The van der Waals surface area contributed by atoms with E-state index >= 15 is 0 Å². The Kier molecular flexibility index (Phi) is 2.71. The molecule has 16 heavy (non-hydrogen) atoms. The van der Waals surface area contributed by atoms with Crippen molar-refractivity contribution in [3.8, 4) is 10.6 Å². The zero-order valence-corrected chi connectivity index (χ0v) is 10.1. The molecule has 3 rings (SSSR count). The van der Waals surface area contributed by atoms with Gasteiger partial charge in [-0.15, -0.1) is 11.3 Å². The number of halogens is 1. The molecule has 2 heterocycles. The van der Waals surface area contributed by atoms with Crippen molar-refractivity contribution < 1.29 is 4.42 Å². The van der Waals surface area contributed by atoms with E-state index in [1.807, 2.05) is 11.4 Å². The van der Waals surface area contributed by atoms with E-state index in [1.54, 1.807) is 11.3 Å². The van der Waals surface area contributed by atoms with Gasteiger partial charge in [0.2, 0.25) is 0 Å². The molecule has 84 valence electrons. The van der Waals surface area contributed by atoms with Crippen LogP contribution < -0.4 is 5.32 Å². The van der Waals surface area contributed by atoms with Crippen molar-refractivity contribution in [2.75, 3.05) is 0 Å². The van der Waals surface area contributed by atoms with Gasteiger partial charge in [0.15, 0.2) is 12.2 Å². The Hall–Kier alpha value is -0.840. The number of aromatic nitrogens is 1. The lowest BCUT2D eigenvalue weighted by Gasteiger charge is -2.01. The molecule has 2 aromatic heterocycles. The minimum absolute atomic E-state index is 0.670. The zero-order valence-electron chi connectivity index (χ0n) is 8.57. The number of hydrogen-bond donors (Lipinski definition) is 1. The zero-order chi connectivity index (χ0) is 11.0. The SMILES string of the molecule is Clc1ccsc1-c1ocnc1CNC1CC1. The van der Waals surface area contributed by atoms with Crippen molar-refractivity contribution in [2.24, 2.45) is 0 Å². The van der Waals surface area contributed by atoms with Crippen LogP contribution in [-0.4, -0.2) is 11.0 Å². The third-order valence-corrected chi connectivity index (χ3v) is 3.94. The van der Waals surface area contributed by atoms with E-state index in [9.17, 15) is 0 Å². The molecule has 0 saturated heterocycles. The predicted octanol–water partition coefficient (Wildman–Crippen LogP) is 3.31. The molecule has 1 aliphatic rings. The van der Waals surface area contributed by atoms with Crippen LogP contribution in [0.15, 0.2) is 22.3 Å². The van der Waals surface area contributed by atoms with E-state index in [-0.39, 0.29) is 0 Å². The normalized spacial score (nSPS) is 15.6. The van der Waals surface area contributed by atoms with E-state index in [1.165, 1.54) is 19.2 Å². The summed E-state index contributed by atoms with van der Waals surface area (Å²) in [6.45, 7) is 0.755. The lowest BCUT2D eigenvalue weighted by Crippen LogP contribution is -2.15. The highest BCUT2D eigenvalue weighted by atomic mass is 35.5. The fourth-order valence-corrected chi connectivity index (χ4v) is 2.71. The summed E-state index contributed by atoms with van der Waals surface area (Å²) in [4.78, 5) is 5.20. The van der Waals surface area contributed by atoms with Gasteiger partial charge in [0.25, 0.3) is 0 Å². The summed E-state index contributed by atoms with van der Waals surface area (Å²) >= 11 is 7.66. The Morgan fingerprint density at radius 3 is 3.12 bits per heavy atom. The van der Waals surface area contributed by atoms with Gasteiger partial charge in [-0.2, -0.15) is 0 Å². The molecule has 0 aliphatic heterocycles. The van der Waals surface area contributed by atoms with E-state index in [2.05, 4.69) is 10.3 Å². The number of rotatable bonds is 4. The topological polar surface area (TPSA) is 38.1 Å². The Bertz CT molecular complexity index is 490. The second-order valence-electron chi connectivity index (χ2n) is 3.88. The number of thiophene rings is 1. The lowest BCUT2D eigenvalue weighted by atomic mass is 10.3. The molecule has 1 fully saturated rings. The Morgan fingerprint density at radius 2 is 2.44 bits per heavy atom. The van der Waals surface area contributed by atoms with Gasteiger partial charge >= 0.3 is 0 Å². The van der Waals surface area contributed by atoms with Gasteiger partial charge in [0, 0.05) is 12.6 Å². The first-order valence-electron chi connectivity index (χ1n) is 5.23. The van der Waals surface area contributed by atoms with Crippen LogP contribution >= 0.6 is 22.9 Å². The van der Waals surface area contributed by atoms with Crippen molar-refractivity contribution in [2.45, 2.75) is 25.4 Å². The first-order chi connectivity index (χ1) is 7.84. The Balaban J connectivity index is 1.83. The summed E-state index contributed by atoms with van der Waals surface area (Å²) in [6.07, 6.45) is 4.02. The molecule has 0 bridgehead atoms. The van der Waals surface area contributed by atoms with Crippen LogP contribution in [0.1, 0.15) is 18.5 Å². The minimum Gasteiger partial charge on any atom is -0.442 e. The van der Waals surface area contributed by atoms with Gasteiger partial charge < -0.3 is 9.73 Å². The third kappa shape index (κ3) is 2.00. The van der Waals surface area contributed by atoms with Crippen molar-refractivity contribution in [3.05, 3.63) is 28.6 Å². The first kappa shape index (κ1) is 10.3. The maximum Gasteiger partial charge on any atom is 0.181 e. The average molecular weight is 255 g/mol. The largest absolute Gasteiger partial charge is 0.442 e. The summed E-state index contributed by atoms with van der Waals surface area (Å²) in [5, 5.41) is 6.11. The molecule has 1 aliphatic carbocycles. The summed E-state index contributed by atoms with van der Waals surface area (Å²) < 4.78 is 5.42. The van der Waals surface area contributed by atoms with E-state index < -0.39 is 0 Å². The third-order valence-electron chi connectivity index (χ3n) is 2.60. The Morgan fingerprint density at radius 1 is 1.56 bits per heavy atom. The molecule has 0 aromatic carbocycles. The molecular formula is C11H11ClN2OS. The fourth-order valence-electron chi connectivity index (χ4n) is 1.56. The van der Waals surface area contributed by atoms with Gasteiger partial charge in [-0.05, 0) is 24.3 Å². The van der Waals surface area contributed by atoms with Crippen LogP contribution in [0.25, 0.3) is 10.6 Å². The van der Waals surface area contributed by atoms with Gasteiger partial charge in [-0.3, -0.25) is 0 Å². The van der Waals surface area contributed by atoms with Crippen LogP contribution in [0.3, 0.4) is 0 Å². The molecule has 0 radical (unpaired) electrons. The molecule has 3 nitrogen and oxygen atoms in total. The van der Waals surface area contributed by atoms with Crippen LogP contribution in [0, 0.1) is 0 Å². The highest BCUT2D eigenvalue weighted by Gasteiger charge is 2.22. The first-order valence-corrected chi connectivity index (χ1v) is 6.49. The van der Waals surface area contributed by atoms with Crippen molar-refractivity contribution in [3.63, 3.8) is 0 Å². The number of oxazole rings is 1. The molecule has 5 heteroatoms. The van der Waals surface area contributed by atoms with Crippen LogP contribution in [0.4, 0.5) is 0 Å². The summed E-state index contributed by atoms with van der Waals surface area (Å²) in [5.74, 6) is 0.799. The monoisotopic (exact) mass is 254 g/mol. The number of nitrogens with one attached hydrogen (secondary N) is 1. The summed E-state index contributed by atoms with van der Waals surface area (Å²) in [5.41, 5.74) is 0.941. The van der Waals surface area contributed by atoms with Gasteiger partial charge in [0.1, 0.15) is 5.69 Å². The highest BCUT2D eigenvalue weighted by molar-refractivity contribution is 7.14. The van der Waals surface area contributed by atoms with Crippen molar-refractivity contribution in [1.82, 2.24) is 10.3 Å². The number of nitrogens with zero attached hydrogens (tertiary/aromatic N) is 1. The van der Waals surface area contributed by atoms with E-state index in [0.717, 1.165) is 27.9 Å². The van der Waals surface area contributed by atoms with Gasteiger partial charge in [-0.25, -0.2) is 4.98 Å². The van der Waals surface area contributed by atoms with Crippen LogP contribution in [-0.2, 0) is 6.54 Å². The molecule has 0 spiro atoms. The molecule has 0 amide bonds. The Labute approximate surface area is 102 Å². The molecule has 1 N–H and O–H groups in total. The predicted molar refractivity (Wildman–Crippen MR) is 64.7 cm³/mol. The fraction of sp³-hybridized carbons (Fsp3) is 0.364. The minimum atomic E-state index is 0.670.